The van der Waals surface area contributed by atoms with Crippen molar-refractivity contribution in [2.24, 2.45) is 0 Å². The first-order chi connectivity index (χ1) is 16.0. The molecule has 0 unspecified atom stereocenters. The summed E-state index contributed by atoms with van der Waals surface area (Å²) in [4.78, 5) is 13.1. The number of nitrogens with zero attached hydrogens (tertiary/aromatic N) is 1. The van der Waals surface area contributed by atoms with E-state index in [2.05, 4.69) is 17.4 Å². The summed E-state index contributed by atoms with van der Waals surface area (Å²) >= 11 is 6.00. The van der Waals surface area contributed by atoms with Crippen molar-refractivity contribution in [1.82, 2.24) is 5.32 Å². The lowest BCUT2D eigenvalue weighted by molar-refractivity contribution is -0.120. The zero-order valence-electron chi connectivity index (χ0n) is 19.9. The van der Waals surface area contributed by atoms with Crippen LogP contribution in [-0.2, 0) is 14.8 Å². The van der Waals surface area contributed by atoms with Crippen molar-refractivity contribution < 1.29 is 17.9 Å². The van der Waals surface area contributed by atoms with Gasteiger partial charge in [-0.3, -0.25) is 9.10 Å². The SMILES string of the molecule is COc1ccc(S(=O)(=O)N(CC(=O)N[C@@H](C)c2cc(C)c(C)cc2C)c2ccc(Cl)cc2)cc1. The zero-order valence-corrected chi connectivity index (χ0v) is 21.5. The monoisotopic (exact) mass is 500 g/mol. The van der Waals surface area contributed by atoms with Gasteiger partial charge in [0.1, 0.15) is 12.3 Å². The summed E-state index contributed by atoms with van der Waals surface area (Å²) in [6.07, 6.45) is 0. The highest BCUT2D eigenvalue weighted by molar-refractivity contribution is 7.92. The molecule has 0 aliphatic carbocycles. The van der Waals surface area contributed by atoms with Gasteiger partial charge in [-0.2, -0.15) is 0 Å². The number of ether oxygens (including phenoxy) is 1. The highest BCUT2D eigenvalue weighted by Gasteiger charge is 2.28. The van der Waals surface area contributed by atoms with Crippen LogP contribution in [0.5, 0.6) is 5.75 Å². The molecule has 8 heteroatoms. The smallest absolute Gasteiger partial charge is 0.264 e. The summed E-state index contributed by atoms with van der Waals surface area (Å²) in [5, 5.41) is 3.41. The number of aryl methyl sites for hydroxylation is 3. The Morgan fingerprint density at radius 2 is 1.56 bits per heavy atom. The van der Waals surface area contributed by atoms with Crippen LogP contribution in [0.1, 0.15) is 35.2 Å². The Hall–Kier alpha value is -3.03. The molecule has 0 saturated heterocycles. The number of methoxy groups -OCH3 is 1. The third-order valence-electron chi connectivity index (χ3n) is 5.78. The van der Waals surface area contributed by atoms with E-state index in [1.54, 1.807) is 36.4 Å². The average molecular weight is 501 g/mol. The number of halogens is 1. The first kappa shape index (κ1) is 25.6. The van der Waals surface area contributed by atoms with Gasteiger partial charge in [-0.1, -0.05) is 23.7 Å². The van der Waals surface area contributed by atoms with Gasteiger partial charge in [-0.25, -0.2) is 8.42 Å². The lowest BCUT2D eigenvalue weighted by Crippen LogP contribution is -2.41. The maximum atomic E-state index is 13.5. The van der Waals surface area contributed by atoms with Crippen LogP contribution in [-0.4, -0.2) is 28.0 Å². The van der Waals surface area contributed by atoms with E-state index in [-0.39, 0.29) is 17.5 Å². The van der Waals surface area contributed by atoms with Crippen LogP contribution >= 0.6 is 11.6 Å². The minimum absolute atomic E-state index is 0.0501. The Balaban J connectivity index is 1.90. The zero-order chi connectivity index (χ0) is 25.0. The van der Waals surface area contributed by atoms with Gasteiger partial charge >= 0.3 is 0 Å². The number of benzene rings is 3. The van der Waals surface area contributed by atoms with Crippen LogP contribution in [0.2, 0.25) is 5.02 Å². The molecule has 0 saturated carbocycles. The summed E-state index contributed by atoms with van der Waals surface area (Å²) in [6.45, 7) is 7.57. The maximum absolute atomic E-state index is 13.5. The van der Waals surface area contributed by atoms with Crippen molar-refractivity contribution >= 4 is 33.2 Å². The Labute approximate surface area is 206 Å². The molecule has 0 fully saturated rings. The Bertz CT molecular complexity index is 1270. The molecular formula is C26H29ClN2O4S. The highest BCUT2D eigenvalue weighted by atomic mass is 35.5. The van der Waals surface area contributed by atoms with Crippen molar-refractivity contribution in [2.75, 3.05) is 18.0 Å². The Morgan fingerprint density at radius 1 is 0.971 bits per heavy atom. The van der Waals surface area contributed by atoms with Crippen LogP contribution in [0.3, 0.4) is 0 Å². The van der Waals surface area contributed by atoms with Gasteiger partial charge in [-0.05, 0) is 98.5 Å². The predicted octanol–water partition coefficient (Wildman–Crippen LogP) is 5.35. The number of sulfonamides is 1. The minimum Gasteiger partial charge on any atom is -0.497 e. The van der Waals surface area contributed by atoms with E-state index in [1.165, 1.54) is 24.8 Å². The van der Waals surface area contributed by atoms with E-state index in [1.807, 2.05) is 27.7 Å². The molecular weight excluding hydrogens is 472 g/mol. The summed E-state index contributed by atoms with van der Waals surface area (Å²) < 4.78 is 33.2. The van der Waals surface area contributed by atoms with Crippen molar-refractivity contribution in [3.05, 3.63) is 87.9 Å². The fourth-order valence-corrected chi connectivity index (χ4v) is 5.29. The number of rotatable bonds is 8. The second kappa shape index (κ2) is 10.5. The predicted molar refractivity (Wildman–Crippen MR) is 136 cm³/mol. The van der Waals surface area contributed by atoms with E-state index in [4.69, 9.17) is 16.3 Å². The van der Waals surface area contributed by atoms with Crippen LogP contribution < -0.4 is 14.4 Å². The first-order valence-electron chi connectivity index (χ1n) is 10.8. The molecule has 0 aliphatic rings. The molecule has 3 aromatic rings. The number of carbonyl (C=O) groups excluding carboxylic acids is 1. The number of hydrogen-bond acceptors (Lipinski definition) is 4. The number of anilines is 1. The molecule has 1 N–H and O–H groups in total. The molecule has 34 heavy (non-hydrogen) atoms. The Kier molecular flexibility index (Phi) is 7.89. The first-order valence-corrected chi connectivity index (χ1v) is 12.6. The summed E-state index contributed by atoms with van der Waals surface area (Å²) in [6, 6.07) is 16.2. The lowest BCUT2D eigenvalue weighted by Gasteiger charge is -2.25. The van der Waals surface area contributed by atoms with Crippen molar-refractivity contribution in [2.45, 2.75) is 38.6 Å². The van der Waals surface area contributed by atoms with Crippen molar-refractivity contribution in [3.63, 3.8) is 0 Å². The fourth-order valence-electron chi connectivity index (χ4n) is 3.74. The number of hydrogen-bond donors (Lipinski definition) is 1. The van der Waals surface area contributed by atoms with E-state index in [0.29, 0.717) is 16.5 Å². The molecule has 3 rings (SSSR count). The molecule has 0 radical (unpaired) electrons. The number of nitrogens with one attached hydrogen (secondary N) is 1. The minimum atomic E-state index is -4.03. The standard InChI is InChI=1S/C26H29ClN2O4S/c1-17-14-19(3)25(15-18(17)2)20(4)28-26(30)16-29(22-8-6-21(27)7-9-22)34(31,32)24-12-10-23(33-5)11-13-24/h6-15,20H,16H2,1-5H3,(H,28,30)/t20-/m0/s1. The molecule has 0 heterocycles. The summed E-state index contributed by atoms with van der Waals surface area (Å²) in [7, 11) is -2.53. The molecule has 3 aromatic carbocycles. The van der Waals surface area contributed by atoms with E-state index in [9.17, 15) is 13.2 Å². The normalized spacial score (nSPS) is 12.2. The molecule has 1 atom stereocenters. The van der Waals surface area contributed by atoms with E-state index < -0.39 is 15.9 Å². The topological polar surface area (TPSA) is 75.7 Å². The van der Waals surface area contributed by atoms with Crippen LogP contribution in [0.15, 0.2) is 65.6 Å². The maximum Gasteiger partial charge on any atom is 0.264 e. The molecule has 6 nitrogen and oxygen atoms in total. The lowest BCUT2D eigenvalue weighted by atomic mass is 9.96. The van der Waals surface area contributed by atoms with Crippen LogP contribution in [0, 0.1) is 20.8 Å². The van der Waals surface area contributed by atoms with Gasteiger partial charge in [0.15, 0.2) is 0 Å². The molecule has 180 valence electrons. The average Bonchev–Trinajstić information content (AvgIpc) is 2.80. The van der Waals surface area contributed by atoms with E-state index in [0.717, 1.165) is 21.0 Å². The highest BCUT2D eigenvalue weighted by Crippen LogP contribution is 2.27. The van der Waals surface area contributed by atoms with Crippen molar-refractivity contribution in [1.29, 1.82) is 0 Å². The Morgan fingerprint density at radius 3 is 2.15 bits per heavy atom. The van der Waals surface area contributed by atoms with Gasteiger partial charge in [0, 0.05) is 5.02 Å². The van der Waals surface area contributed by atoms with Gasteiger partial charge < -0.3 is 10.1 Å². The van der Waals surface area contributed by atoms with E-state index >= 15 is 0 Å². The second-order valence-electron chi connectivity index (χ2n) is 8.25. The quantitative estimate of drug-likeness (QED) is 0.452. The van der Waals surface area contributed by atoms with Gasteiger partial charge in [0.25, 0.3) is 10.0 Å². The number of carbonyl (C=O) groups is 1. The fraction of sp³-hybridized carbons (Fsp3) is 0.269. The summed E-state index contributed by atoms with van der Waals surface area (Å²) in [5.74, 6) is 0.115. The summed E-state index contributed by atoms with van der Waals surface area (Å²) in [5.41, 5.74) is 4.71. The molecule has 0 spiro atoms. The van der Waals surface area contributed by atoms with Gasteiger partial charge in [0.05, 0.1) is 23.7 Å². The molecule has 0 aromatic heterocycles. The van der Waals surface area contributed by atoms with Crippen molar-refractivity contribution in [3.8, 4) is 5.75 Å². The van der Waals surface area contributed by atoms with Gasteiger partial charge in [-0.15, -0.1) is 0 Å². The van der Waals surface area contributed by atoms with Gasteiger partial charge in [0.2, 0.25) is 5.91 Å². The third kappa shape index (κ3) is 5.72. The molecule has 1 amide bonds. The number of amides is 1. The third-order valence-corrected chi connectivity index (χ3v) is 7.82. The van der Waals surface area contributed by atoms with Crippen LogP contribution in [0.4, 0.5) is 5.69 Å². The second-order valence-corrected chi connectivity index (χ2v) is 10.5. The largest absolute Gasteiger partial charge is 0.497 e. The molecule has 0 bridgehead atoms. The molecule has 0 aliphatic heterocycles. The van der Waals surface area contributed by atoms with Crippen LogP contribution in [0.25, 0.3) is 0 Å².